The molecule has 1 aliphatic carbocycles. The number of rotatable bonds is 2. The van der Waals surface area contributed by atoms with Crippen molar-refractivity contribution in [3.8, 4) is 0 Å². The summed E-state index contributed by atoms with van der Waals surface area (Å²) in [6.45, 7) is 9.87. The third-order valence-corrected chi connectivity index (χ3v) is 5.14. The number of amides is 1. The molecule has 0 bridgehead atoms. The molecule has 3 heterocycles. The van der Waals surface area contributed by atoms with Crippen LogP contribution in [0.25, 0.3) is 17.4 Å². The van der Waals surface area contributed by atoms with Crippen LogP contribution in [0.4, 0.5) is 10.7 Å². The van der Waals surface area contributed by atoms with Gasteiger partial charge in [0.1, 0.15) is 16.8 Å². The lowest BCUT2D eigenvalue weighted by atomic mass is 10.0. The molecule has 0 aromatic carbocycles. The summed E-state index contributed by atoms with van der Waals surface area (Å²) >= 11 is 0. The van der Waals surface area contributed by atoms with Crippen LogP contribution in [0.5, 0.6) is 0 Å². The third kappa shape index (κ3) is 4.11. The lowest BCUT2D eigenvalue weighted by Gasteiger charge is -2.31. The highest BCUT2D eigenvalue weighted by atomic mass is 16.7. The van der Waals surface area contributed by atoms with Crippen molar-refractivity contribution in [1.82, 2.24) is 15.0 Å². The maximum Gasteiger partial charge on any atom is 0.461 e. The maximum atomic E-state index is 12.4. The fourth-order valence-corrected chi connectivity index (χ4v) is 3.87. The highest BCUT2D eigenvalue weighted by molar-refractivity contribution is 5.83. The van der Waals surface area contributed by atoms with Gasteiger partial charge in [-0.05, 0) is 53.0 Å². The molecule has 0 spiro atoms. The van der Waals surface area contributed by atoms with E-state index in [4.69, 9.17) is 14.2 Å². The summed E-state index contributed by atoms with van der Waals surface area (Å²) in [5.74, 6) is 0.543. The minimum atomic E-state index is -0.606. The average Bonchev–Trinajstić information content (AvgIpc) is 3.23. The first-order valence-electron chi connectivity index (χ1n) is 9.94. The van der Waals surface area contributed by atoms with Crippen LogP contribution >= 0.6 is 0 Å². The van der Waals surface area contributed by atoms with Gasteiger partial charge in [-0.1, -0.05) is 0 Å². The normalized spacial score (nSPS) is 26.0. The summed E-state index contributed by atoms with van der Waals surface area (Å²) in [7, 11) is 0. The molecular weight excluding hydrogens is 374 g/mol. The highest BCUT2D eigenvalue weighted by Crippen LogP contribution is 2.37. The molecule has 4 rings (SSSR count). The first-order valence-corrected chi connectivity index (χ1v) is 9.94. The number of hydrogen-bond donors (Lipinski definition) is 2. The Balaban J connectivity index is 1.72. The summed E-state index contributed by atoms with van der Waals surface area (Å²) in [5, 5.41) is 2.77. The zero-order chi connectivity index (χ0) is 20.8. The Kier molecular flexibility index (Phi) is 5.04. The molecular formula is C20H28N5O4+. The van der Waals surface area contributed by atoms with E-state index in [-0.39, 0.29) is 18.3 Å². The first kappa shape index (κ1) is 19.8. The SMILES string of the molecule is Cc1nc(NC(=O)OC(C)(C)C)[n+](C=C2CCC3OC(C)OCC23)c2nc[nH]c12. The Hall–Kier alpha value is -2.52. The van der Waals surface area contributed by atoms with E-state index in [0.29, 0.717) is 18.2 Å². The lowest BCUT2D eigenvalue weighted by Crippen LogP contribution is -2.39. The van der Waals surface area contributed by atoms with Gasteiger partial charge in [-0.15, -0.1) is 9.97 Å². The Morgan fingerprint density at radius 3 is 3.00 bits per heavy atom. The van der Waals surface area contributed by atoms with E-state index in [0.717, 1.165) is 24.1 Å². The van der Waals surface area contributed by atoms with Gasteiger partial charge in [0.05, 0.1) is 18.9 Å². The minimum absolute atomic E-state index is 0.154. The van der Waals surface area contributed by atoms with Crippen molar-refractivity contribution in [1.29, 1.82) is 0 Å². The molecule has 1 saturated carbocycles. The third-order valence-electron chi connectivity index (χ3n) is 5.14. The van der Waals surface area contributed by atoms with Crippen LogP contribution in [0, 0.1) is 12.8 Å². The minimum Gasteiger partial charge on any atom is -0.435 e. The molecule has 2 aromatic rings. The Bertz CT molecular complexity index is 962. The van der Waals surface area contributed by atoms with Crippen molar-refractivity contribution >= 4 is 29.4 Å². The van der Waals surface area contributed by atoms with Crippen LogP contribution in [0.3, 0.4) is 0 Å². The second-order valence-corrected chi connectivity index (χ2v) is 8.54. The topological polar surface area (TPSA) is 102 Å². The molecule has 2 aromatic heterocycles. The predicted molar refractivity (Wildman–Crippen MR) is 106 cm³/mol. The number of H-pyrrole nitrogens is 1. The number of ether oxygens (including phenoxy) is 3. The van der Waals surface area contributed by atoms with E-state index in [9.17, 15) is 4.79 Å². The van der Waals surface area contributed by atoms with E-state index < -0.39 is 11.7 Å². The summed E-state index contributed by atoms with van der Waals surface area (Å²) in [5.41, 5.74) is 2.82. The number of aromatic nitrogens is 4. The van der Waals surface area contributed by atoms with Gasteiger partial charge >= 0.3 is 12.0 Å². The number of aryl methyl sites for hydroxylation is 1. The quantitative estimate of drug-likeness (QED) is 0.749. The standard InChI is InChI=1S/C20H27N5O4/c1-11-16-17(22-10-21-16)25(18(23-11)24-19(26)29-20(3,4)5)8-13-6-7-15-14(13)9-27-12(2)28-15/h8,10,12,14-15H,6-7,9H2,1-5H3,(H,21,22,23,24,26)/p+1. The number of hydrogen-bond acceptors (Lipinski definition) is 6. The zero-order valence-electron chi connectivity index (χ0n) is 17.5. The van der Waals surface area contributed by atoms with Gasteiger partial charge in [0.15, 0.2) is 12.6 Å². The summed E-state index contributed by atoms with van der Waals surface area (Å²) in [6, 6.07) is 0. The maximum absolute atomic E-state index is 12.4. The summed E-state index contributed by atoms with van der Waals surface area (Å²) in [6.07, 6.45) is 4.88. The van der Waals surface area contributed by atoms with Gasteiger partial charge in [0.2, 0.25) is 0 Å². The van der Waals surface area contributed by atoms with E-state index in [1.807, 2.05) is 40.8 Å². The van der Waals surface area contributed by atoms with Crippen molar-refractivity contribution in [3.63, 3.8) is 0 Å². The lowest BCUT2D eigenvalue weighted by molar-refractivity contribution is -0.529. The molecule has 0 radical (unpaired) electrons. The number of aromatic amines is 1. The molecule has 156 valence electrons. The van der Waals surface area contributed by atoms with Crippen molar-refractivity contribution in [2.75, 3.05) is 11.9 Å². The Morgan fingerprint density at radius 2 is 2.24 bits per heavy atom. The number of anilines is 1. The van der Waals surface area contributed by atoms with Crippen LogP contribution in [0.1, 0.15) is 46.2 Å². The molecule has 29 heavy (non-hydrogen) atoms. The fraction of sp³-hybridized carbons (Fsp3) is 0.600. The van der Waals surface area contributed by atoms with E-state index in [1.54, 1.807) is 10.9 Å². The first-order chi connectivity index (χ1) is 13.7. The molecule has 2 N–H and O–H groups in total. The van der Waals surface area contributed by atoms with Gasteiger partial charge in [-0.2, -0.15) is 9.88 Å². The number of fused-ring (bicyclic) bond motifs is 2. The van der Waals surface area contributed by atoms with Gasteiger partial charge in [0, 0.05) is 5.92 Å². The van der Waals surface area contributed by atoms with Gasteiger partial charge < -0.3 is 19.2 Å². The monoisotopic (exact) mass is 402 g/mol. The van der Waals surface area contributed by atoms with E-state index in [2.05, 4.69) is 20.3 Å². The van der Waals surface area contributed by atoms with E-state index >= 15 is 0 Å². The van der Waals surface area contributed by atoms with Crippen LogP contribution in [0.15, 0.2) is 11.9 Å². The molecule has 3 unspecified atom stereocenters. The zero-order valence-corrected chi connectivity index (χ0v) is 17.5. The van der Waals surface area contributed by atoms with Crippen LogP contribution in [0.2, 0.25) is 0 Å². The summed E-state index contributed by atoms with van der Waals surface area (Å²) in [4.78, 5) is 24.5. The van der Waals surface area contributed by atoms with Gasteiger partial charge in [0.25, 0.3) is 5.65 Å². The Labute approximate surface area is 169 Å². The van der Waals surface area contributed by atoms with Crippen LogP contribution < -0.4 is 9.88 Å². The fourth-order valence-electron chi connectivity index (χ4n) is 3.87. The molecule has 9 nitrogen and oxygen atoms in total. The molecule has 9 heteroatoms. The highest BCUT2D eigenvalue weighted by Gasteiger charge is 2.38. The number of carbonyl (C=O) groups is 1. The second-order valence-electron chi connectivity index (χ2n) is 8.54. The second kappa shape index (κ2) is 7.38. The number of nitrogens with one attached hydrogen (secondary N) is 2. The van der Waals surface area contributed by atoms with Crippen LogP contribution in [-0.4, -0.2) is 45.6 Å². The molecule has 1 amide bonds. The van der Waals surface area contributed by atoms with Crippen molar-refractivity contribution in [2.24, 2.45) is 5.92 Å². The average molecular weight is 402 g/mol. The summed E-state index contributed by atoms with van der Waals surface area (Å²) < 4.78 is 18.8. The molecule has 1 aliphatic heterocycles. The van der Waals surface area contributed by atoms with Crippen molar-refractivity contribution in [2.45, 2.75) is 65.5 Å². The number of imidazole rings is 1. The predicted octanol–water partition coefficient (Wildman–Crippen LogP) is 2.91. The molecule has 3 atom stereocenters. The number of nitrogens with zero attached hydrogens (tertiary/aromatic N) is 3. The van der Waals surface area contributed by atoms with Crippen LogP contribution in [-0.2, 0) is 14.2 Å². The van der Waals surface area contributed by atoms with E-state index in [1.165, 1.54) is 5.57 Å². The largest absolute Gasteiger partial charge is 0.461 e. The Morgan fingerprint density at radius 1 is 1.45 bits per heavy atom. The molecule has 2 fully saturated rings. The van der Waals surface area contributed by atoms with Gasteiger partial charge in [-0.25, -0.2) is 4.79 Å². The van der Waals surface area contributed by atoms with Crippen molar-refractivity contribution < 1.29 is 23.6 Å². The molecule has 1 saturated heterocycles. The van der Waals surface area contributed by atoms with Gasteiger partial charge in [-0.3, -0.25) is 0 Å². The van der Waals surface area contributed by atoms with Crippen molar-refractivity contribution in [3.05, 3.63) is 17.6 Å². The number of carbonyl (C=O) groups excluding carboxylic acids is 1. The smallest absolute Gasteiger partial charge is 0.435 e. The molecule has 2 aliphatic rings.